The van der Waals surface area contributed by atoms with Crippen molar-refractivity contribution >= 4 is 17.3 Å². The summed E-state index contributed by atoms with van der Waals surface area (Å²) >= 11 is 1.19. The van der Waals surface area contributed by atoms with E-state index in [1.165, 1.54) is 17.1 Å². The van der Waals surface area contributed by atoms with Gasteiger partial charge in [0.25, 0.3) is 0 Å². The molecule has 3 rings (SSSR count). The van der Waals surface area contributed by atoms with E-state index in [1.54, 1.807) is 6.20 Å². The summed E-state index contributed by atoms with van der Waals surface area (Å²) in [5.41, 5.74) is 2.88. The van der Waals surface area contributed by atoms with Gasteiger partial charge >= 0.3 is 0 Å². The SMILES string of the molecule is Cc1nnsc1C(=O)C1CCCc2cccnc21. The van der Waals surface area contributed by atoms with Gasteiger partial charge in [-0.25, -0.2) is 0 Å². The van der Waals surface area contributed by atoms with Gasteiger partial charge in [-0.15, -0.1) is 5.10 Å². The summed E-state index contributed by atoms with van der Waals surface area (Å²) in [6, 6.07) is 4.00. The van der Waals surface area contributed by atoms with Gasteiger partial charge in [-0.05, 0) is 49.3 Å². The highest BCUT2D eigenvalue weighted by molar-refractivity contribution is 7.08. The molecule has 0 aliphatic heterocycles. The predicted octanol–water partition coefficient (Wildman–Crippen LogP) is 2.54. The fourth-order valence-corrected chi connectivity index (χ4v) is 3.13. The van der Waals surface area contributed by atoms with Crippen molar-refractivity contribution in [3.05, 3.63) is 40.2 Å². The molecule has 2 aromatic heterocycles. The first-order chi connectivity index (χ1) is 8.77. The molecule has 0 radical (unpaired) electrons. The summed E-state index contributed by atoms with van der Waals surface area (Å²) in [5, 5.41) is 3.92. The summed E-state index contributed by atoms with van der Waals surface area (Å²) in [6.07, 6.45) is 4.70. The van der Waals surface area contributed by atoms with E-state index < -0.39 is 0 Å². The molecule has 0 spiro atoms. The quantitative estimate of drug-likeness (QED) is 0.778. The van der Waals surface area contributed by atoms with E-state index in [0.717, 1.165) is 30.7 Å². The van der Waals surface area contributed by atoms with Crippen LogP contribution in [0, 0.1) is 6.92 Å². The molecule has 0 fully saturated rings. The minimum Gasteiger partial charge on any atom is -0.292 e. The Morgan fingerprint density at radius 1 is 1.50 bits per heavy atom. The van der Waals surface area contributed by atoms with Crippen LogP contribution in [0.2, 0.25) is 0 Å². The average Bonchev–Trinajstić information content (AvgIpc) is 2.83. The Morgan fingerprint density at radius 2 is 2.39 bits per heavy atom. The fraction of sp³-hybridized carbons (Fsp3) is 0.385. The number of hydrogen-bond donors (Lipinski definition) is 0. The molecule has 0 saturated heterocycles. The molecule has 0 aromatic carbocycles. The maximum atomic E-state index is 12.5. The van der Waals surface area contributed by atoms with Crippen LogP contribution in [0.25, 0.3) is 0 Å². The highest BCUT2D eigenvalue weighted by Gasteiger charge is 2.30. The van der Waals surface area contributed by atoms with Crippen LogP contribution >= 0.6 is 11.5 Å². The van der Waals surface area contributed by atoms with Crippen molar-refractivity contribution in [3.63, 3.8) is 0 Å². The summed E-state index contributed by atoms with van der Waals surface area (Å²) in [4.78, 5) is 17.6. The van der Waals surface area contributed by atoms with Gasteiger partial charge in [0.05, 0.1) is 17.3 Å². The van der Waals surface area contributed by atoms with Gasteiger partial charge in [0.2, 0.25) is 0 Å². The highest BCUT2D eigenvalue weighted by Crippen LogP contribution is 2.33. The number of nitrogens with zero attached hydrogens (tertiary/aromatic N) is 3. The molecular formula is C13H13N3OS. The normalized spacial score (nSPS) is 18.4. The molecule has 2 heterocycles. The second-order valence-electron chi connectivity index (χ2n) is 4.54. The number of Topliss-reactive ketones (excluding diaryl/α,β-unsaturated/α-hetero) is 1. The first-order valence-corrected chi connectivity index (χ1v) is 6.81. The number of hydrogen-bond acceptors (Lipinski definition) is 5. The van der Waals surface area contributed by atoms with Crippen molar-refractivity contribution in [2.24, 2.45) is 0 Å². The van der Waals surface area contributed by atoms with Crippen molar-refractivity contribution < 1.29 is 4.79 Å². The number of fused-ring (bicyclic) bond motifs is 1. The zero-order chi connectivity index (χ0) is 12.5. The number of aromatic nitrogens is 3. The third-order valence-corrected chi connectivity index (χ3v) is 4.23. The third kappa shape index (κ3) is 1.84. The van der Waals surface area contributed by atoms with Gasteiger partial charge in [-0.2, -0.15) is 0 Å². The highest BCUT2D eigenvalue weighted by atomic mass is 32.1. The Balaban J connectivity index is 2.00. The molecule has 0 N–H and O–H groups in total. The van der Waals surface area contributed by atoms with Crippen LogP contribution in [0.5, 0.6) is 0 Å². The molecule has 1 aliphatic carbocycles. The second kappa shape index (κ2) is 4.57. The van der Waals surface area contributed by atoms with Crippen LogP contribution in [-0.2, 0) is 6.42 Å². The first-order valence-electron chi connectivity index (χ1n) is 6.04. The molecule has 0 amide bonds. The number of carbonyl (C=O) groups is 1. The average molecular weight is 259 g/mol. The monoisotopic (exact) mass is 259 g/mol. The second-order valence-corrected chi connectivity index (χ2v) is 5.30. The van der Waals surface area contributed by atoms with Crippen molar-refractivity contribution in [2.75, 3.05) is 0 Å². The molecule has 0 saturated carbocycles. The maximum Gasteiger partial charge on any atom is 0.185 e. The fourth-order valence-electron chi connectivity index (χ4n) is 2.48. The lowest BCUT2D eigenvalue weighted by Gasteiger charge is -2.22. The number of ketones is 1. The Labute approximate surface area is 109 Å². The lowest BCUT2D eigenvalue weighted by molar-refractivity contribution is 0.0952. The molecule has 1 atom stereocenters. The maximum absolute atomic E-state index is 12.5. The molecule has 0 bridgehead atoms. The standard InChI is InChI=1S/C13H13N3OS/c1-8-13(18-16-15-8)12(17)10-6-2-4-9-5-3-7-14-11(9)10/h3,5,7,10H,2,4,6H2,1H3. The van der Waals surface area contributed by atoms with Crippen LogP contribution in [-0.4, -0.2) is 20.4 Å². The smallest absolute Gasteiger partial charge is 0.185 e. The molecule has 2 aromatic rings. The third-order valence-electron chi connectivity index (χ3n) is 3.39. The number of aryl methyl sites for hydroxylation is 2. The van der Waals surface area contributed by atoms with Gasteiger partial charge in [-0.1, -0.05) is 10.6 Å². The van der Waals surface area contributed by atoms with E-state index in [2.05, 4.69) is 20.6 Å². The first kappa shape index (κ1) is 11.5. The van der Waals surface area contributed by atoms with Gasteiger partial charge < -0.3 is 0 Å². The Kier molecular flexibility index (Phi) is 2.91. The van der Waals surface area contributed by atoms with Gasteiger partial charge in [-0.3, -0.25) is 9.78 Å². The molecule has 1 aliphatic rings. The van der Waals surface area contributed by atoms with E-state index in [1.807, 2.05) is 13.0 Å². The Morgan fingerprint density at radius 3 is 3.17 bits per heavy atom. The van der Waals surface area contributed by atoms with E-state index in [4.69, 9.17) is 0 Å². The summed E-state index contributed by atoms with van der Waals surface area (Å²) in [5.74, 6) is 0.0121. The minimum atomic E-state index is -0.115. The molecule has 5 heteroatoms. The Bertz CT molecular complexity index is 593. The zero-order valence-corrected chi connectivity index (χ0v) is 10.9. The molecule has 4 nitrogen and oxygen atoms in total. The molecular weight excluding hydrogens is 246 g/mol. The van der Waals surface area contributed by atoms with E-state index in [9.17, 15) is 4.79 Å². The largest absolute Gasteiger partial charge is 0.292 e. The van der Waals surface area contributed by atoms with Crippen molar-refractivity contribution in [3.8, 4) is 0 Å². The molecule has 1 unspecified atom stereocenters. The summed E-state index contributed by atoms with van der Waals surface area (Å²) in [6.45, 7) is 1.83. The van der Waals surface area contributed by atoms with Gasteiger partial charge in [0.15, 0.2) is 5.78 Å². The molecule has 92 valence electrons. The lowest BCUT2D eigenvalue weighted by atomic mass is 9.83. The summed E-state index contributed by atoms with van der Waals surface area (Å²) in [7, 11) is 0. The van der Waals surface area contributed by atoms with Crippen LogP contribution in [0.4, 0.5) is 0 Å². The van der Waals surface area contributed by atoms with Crippen LogP contribution in [0.1, 0.15) is 45.4 Å². The van der Waals surface area contributed by atoms with Gasteiger partial charge in [0.1, 0.15) is 4.88 Å². The van der Waals surface area contributed by atoms with Crippen LogP contribution in [0.15, 0.2) is 18.3 Å². The topological polar surface area (TPSA) is 55.7 Å². The van der Waals surface area contributed by atoms with E-state index >= 15 is 0 Å². The van der Waals surface area contributed by atoms with Crippen molar-refractivity contribution in [2.45, 2.75) is 32.1 Å². The minimum absolute atomic E-state index is 0.115. The van der Waals surface area contributed by atoms with Crippen molar-refractivity contribution in [1.29, 1.82) is 0 Å². The number of rotatable bonds is 2. The number of pyridine rings is 1. The van der Waals surface area contributed by atoms with Gasteiger partial charge in [0, 0.05) is 6.20 Å². The van der Waals surface area contributed by atoms with Crippen LogP contribution in [0.3, 0.4) is 0 Å². The zero-order valence-electron chi connectivity index (χ0n) is 10.1. The lowest BCUT2D eigenvalue weighted by Crippen LogP contribution is -2.20. The van der Waals surface area contributed by atoms with E-state index in [-0.39, 0.29) is 11.7 Å². The van der Waals surface area contributed by atoms with Crippen LogP contribution < -0.4 is 0 Å². The predicted molar refractivity (Wildman–Crippen MR) is 68.9 cm³/mol. The number of carbonyl (C=O) groups excluding carboxylic acids is 1. The molecule has 18 heavy (non-hydrogen) atoms. The Hall–Kier alpha value is -1.62. The van der Waals surface area contributed by atoms with Crippen molar-refractivity contribution in [1.82, 2.24) is 14.6 Å². The van der Waals surface area contributed by atoms with E-state index in [0.29, 0.717) is 4.88 Å². The summed E-state index contributed by atoms with van der Waals surface area (Å²) < 4.78 is 3.84.